The Morgan fingerprint density at radius 1 is 1.29 bits per heavy atom. The number of hydrogen-bond acceptors (Lipinski definition) is 4. The van der Waals surface area contributed by atoms with E-state index < -0.39 is 0 Å². The van der Waals surface area contributed by atoms with Gasteiger partial charge >= 0.3 is 0 Å². The van der Waals surface area contributed by atoms with E-state index in [1.165, 1.54) is 4.52 Å². The largest absolute Gasteiger partial charge is 0.352 e. The average molecular weight is 385 g/mol. The first-order chi connectivity index (χ1) is 13.1. The molecule has 0 bridgehead atoms. The van der Waals surface area contributed by atoms with Gasteiger partial charge in [0.2, 0.25) is 5.91 Å². The Hall–Kier alpha value is -2.64. The molecule has 0 aromatic carbocycles. The fourth-order valence-corrected chi connectivity index (χ4v) is 3.70. The molecular weight excluding hydrogens is 358 g/mol. The van der Waals surface area contributed by atoms with Crippen molar-refractivity contribution in [3.63, 3.8) is 0 Å². The second-order valence-corrected chi connectivity index (χ2v) is 9.15. The third-order valence-electron chi connectivity index (χ3n) is 5.27. The molecule has 4 rings (SSSR count). The van der Waals surface area contributed by atoms with Crippen LogP contribution in [0.15, 0.2) is 10.9 Å². The molecule has 0 radical (unpaired) electrons. The van der Waals surface area contributed by atoms with E-state index in [2.05, 4.69) is 10.4 Å². The van der Waals surface area contributed by atoms with Crippen molar-refractivity contribution in [2.45, 2.75) is 78.0 Å². The maximum absolute atomic E-state index is 13.1. The first-order valence-corrected chi connectivity index (χ1v) is 9.84. The molecule has 1 aliphatic carbocycles. The first kappa shape index (κ1) is 18.7. The zero-order chi connectivity index (χ0) is 20.4. The van der Waals surface area contributed by atoms with Gasteiger partial charge in [-0.15, -0.1) is 0 Å². The number of nitrogens with one attached hydrogen (secondary N) is 1. The molecule has 3 heterocycles. The van der Waals surface area contributed by atoms with Crippen LogP contribution in [-0.2, 0) is 23.3 Å². The number of rotatable bonds is 4. The Bertz CT molecular complexity index is 1040. The van der Waals surface area contributed by atoms with Crippen molar-refractivity contribution in [1.29, 1.82) is 0 Å². The monoisotopic (exact) mass is 385 g/mol. The summed E-state index contributed by atoms with van der Waals surface area (Å²) >= 11 is 0. The summed E-state index contributed by atoms with van der Waals surface area (Å²) in [6, 6.07) is 2.01. The molecule has 150 valence electrons. The zero-order valence-electron chi connectivity index (χ0n) is 17.1. The Morgan fingerprint density at radius 3 is 2.54 bits per heavy atom. The van der Waals surface area contributed by atoms with Crippen molar-refractivity contribution in [3.05, 3.63) is 33.4 Å². The summed E-state index contributed by atoms with van der Waals surface area (Å²) in [7, 11) is 0. The smallest absolute Gasteiger partial charge is 0.280 e. The standard InChI is InChI=1S/C20H27N5O3/c1-11(2)21-15(26)10-24-16-8-14(20(3,4)5)22-25(16)18(27)13-9-23(12-6-7-12)19(28)17(13)24/h8,11-12H,6-7,9-10H2,1-5H3,(H,21,26). The lowest BCUT2D eigenvalue weighted by Crippen LogP contribution is -2.36. The van der Waals surface area contributed by atoms with Crippen molar-refractivity contribution < 1.29 is 9.59 Å². The second-order valence-electron chi connectivity index (χ2n) is 9.15. The summed E-state index contributed by atoms with van der Waals surface area (Å²) in [5, 5.41) is 7.39. The van der Waals surface area contributed by atoms with E-state index in [0.717, 1.165) is 18.5 Å². The molecule has 1 fully saturated rings. The number of nitrogens with zero attached hydrogens (tertiary/aromatic N) is 4. The topological polar surface area (TPSA) is 88.7 Å². The first-order valence-electron chi connectivity index (χ1n) is 9.84. The molecule has 8 heteroatoms. The lowest BCUT2D eigenvalue weighted by molar-refractivity contribution is -0.122. The van der Waals surface area contributed by atoms with Gasteiger partial charge in [0.1, 0.15) is 17.9 Å². The van der Waals surface area contributed by atoms with Gasteiger partial charge in [-0.05, 0) is 26.7 Å². The number of amides is 2. The third-order valence-corrected chi connectivity index (χ3v) is 5.27. The van der Waals surface area contributed by atoms with Gasteiger partial charge < -0.3 is 14.8 Å². The maximum Gasteiger partial charge on any atom is 0.280 e. The molecule has 1 N–H and O–H groups in total. The summed E-state index contributed by atoms with van der Waals surface area (Å²) in [5.74, 6) is -0.355. The maximum atomic E-state index is 13.1. The molecule has 0 saturated heterocycles. The number of carbonyl (C=O) groups excluding carboxylic acids is 2. The minimum Gasteiger partial charge on any atom is -0.352 e. The molecule has 0 spiro atoms. The zero-order valence-corrected chi connectivity index (χ0v) is 17.1. The minimum atomic E-state index is -0.266. The van der Waals surface area contributed by atoms with Gasteiger partial charge in [0, 0.05) is 23.6 Å². The highest BCUT2D eigenvalue weighted by Crippen LogP contribution is 2.34. The van der Waals surface area contributed by atoms with Gasteiger partial charge in [-0.2, -0.15) is 9.61 Å². The van der Waals surface area contributed by atoms with E-state index in [1.54, 1.807) is 9.47 Å². The molecule has 2 aromatic heterocycles. The van der Waals surface area contributed by atoms with E-state index in [9.17, 15) is 14.4 Å². The van der Waals surface area contributed by atoms with Crippen LogP contribution < -0.4 is 10.9 Å². The van der Waals surface area contributed by atoms with Crippen molar-refractivity contribution in [2.24, 2.45) is 0 Å². The van der Waals surface area contributed by atoms with E-state index in [1.807, 2.05) is 40.7 Å². The van der Waals surface area contributed by atoms with Crippen LogP contribution in [0.3, 0.4) is 0 Å². The highest BCUT2D eigenvalue weighted by Gasteiger charge is 2.42. The molecule has 2 amide bonds. The van der Waals surface area contributed by atoms with Crippen LogP contribution >= 0.6 is 0 Å². The van der Waals surface area contributed by atoms with E-state index in [4.69, 9.17) is 0 Å². The molecule has 2 aromatic rings. The molecule has 2 aliphatic rings. The van der Waals surface area contributed by atoms with Crippen LogP contribution in [0.2, 0.25) is 0 Å². The lowest BCUT2D eigenvalue weighted by Gasteiger charge is -2.16. The summed E-state index contributed by atoms with van der Waals surface area (Å²) in [4.78, 5) is 40.5. The van der Waals surface area contributed by atoms with Crippen LogP contribution in [0.5, 0.6) is 0 Å². The summed E-state index contributed by atoms with van der Waals surface area (Å²) < 4.78 is 3.02. The molecule has 8 nitrogen and oxygen atoms in total. The van der Waals surface area contributed by atoms with Gasteiger partial charge in [0.05, 0.1) is 17.8 Å². The number of carbonyl (C=O) groups is 2. The lowest BCUT2D eigenvalue weighted by atomic mass is 9.93. The predicted octanol–water partition coefficient (Wildman–Crippen LogP) is 1.44. The second kappa shape index (κ2) is 6.18. The fraction of sp³-hybridized carbons (Fsp3) is 0.600. The minimum absolute atomic E-state index is 0.00957. The SMILES string of the molecule is CC(C)NC(=O)Cn1c2c(c(=O)n3nc(C(C)(C)C)cc13)CN(C1CC1)C2=O. The molecule has 0 atom stereocenters. The Morgan fingerprint density at radius 2 is 1.96 bits per heavy atom. The highest BCUT2D eigenvalue weighted by atomic mass is 16.2. The number of fused-ring (bicyclic) bond motifs is 2. The molecule has 1 saturated carbocycles. The van der Waals surface area contributed by atoms with Crippen molar-refractivity contribution in [3.8, 4) is 0 Å². The Balaban J connectivity index is 1.91. The van der Waals surface area contributed by atoms with Gasteiger partial charge in [-0.25, -0.2) is 0 Å². The van der Waals surface area contributed by atoms with Crippen LogP contribution in [0, 0.1) is 0 Å². The molecule has 0 unspecified atom stereocenters. The van der Waals surface area contributed by atoms with E-state index in [-0.39, 0.29) is 41.4 Å². The van der Waals surface area contributed by atoms with E-state index >= 15 is 0 Å². The van der Waals surface area contributed by atoms with Crippen molar-refractivity contribution in [1.82, 2.24) is 24.4 Å². The number of aromatic nitrogens is 3. The molecule has 28 heavy (non-hydrogen) atoms. The highest BCUT2D eigenvalue weighted by molar-refractivity contribution is 5.98. The van der Waals surface area contributed by atoms with Crippen molar-refractivity contribution in [2.75, 3.05) is 0 Å². The van der Waals surface area contributed by atoms with E-state index in [0.29, 0.717) is 23.4 Å². The Labute approximate surface area is 163 Å². The molecule has 1 aliphatic heterocycles. The summed E-state index contributed by atoms with van der Waals surface area (Å²) in [6.07, 6.45) is 1.93. The number of hydrogen-bond donors (Lipinski definition) is 1. The van der Waals surface area contributed by atoms with Crippen LogP contribution in [0.25, 0.3) is 5.65 Å². The quantitative estimate of drug-likeness (QED) is 0.862. The Kier molecular flexibility index (Phi) is 4.13. The summed E-state index contributed by atoms with van der Waals surface area (Å²) in [6.45, 7) is 10.1. The molecular formula is C20H27N5O3. The van der Waals surface area contributed by atoms with Crippen LogP contribution in [-0.4, -0.2) is 43.0 Å². The predicted molar refractivity (Wildman–Crippen MR) is 104 cm³/mol. The fourth-order valence-electron chi connectivity index (χ4n) is 3.70. The van der Waals surface area contributed by atoms with Crippen molar-refractivity contribution >= 4 is 17.5 Å². The van der Waals surface area contributed by atoms with Gasteiger partial charge in [0.25, 0.3) is 11.5 Å². The summed E-state index contributed by atoms with van der Waals surface area (Å²) in [5.41, 5.74) is 1.48. The van der Waals surface area contributed by atoms with Gasteiger partial charge in [-0.3, -0.25) is 14.4 Å². The van der Waals surface area contributed by atoms with Crippen LogP contribution in [0.1, 0.15) is 69.2 Å². The van der Waals surface area contributed by atoms with Gasteiger partial charge in [0.15, 0.2) is 0 Å². The third kappa shape index (κ3) is 3.00. The normalized spacial score (nSPS) is 16.9. The van der Waals surface area contributed by atoms with Crippen LogP contribution in [0.4, 0.5) is 0 Å². The average Bonchev–Trinajstić information content (AvgIpc) is 3.20. The van der Waals surface area contributed by atoms with Gasteiger partial charge in [-0.1, -0.05) is 20.8 Å².